The van der Waals surface area contributed by atoms with Gasteiger partial charge >= 0.3 is 0 Å². The van der Waals surface area contributed by atoms with Crippen molar-refractivity contribution in [3.63, 3.8) is 0 Å². The van der Waals surface area contributed by atoms with Crippen LogP contribution < -0.4 is 14.8 Å². The van der Waals surface area contributed by atoms with Crippen LogP contribution in [-0.4, -0.2) is 37.1 Å². The van der Waals surface area contributed by atoms with E-state index in [-0.39, 0.29) is 24.2 Å². The lowest BCUT2D eigenvalue weighted by molar-refractivity contribution is -0.117. The molecule has 1 atom stereocenters. The van der Waals surface area contributed by atoms with Gasteiger partial charge in [-0.1, -0.05) is 17.7 Å². The van der Waals surface area contributed by atoms with E-state index in [0.717, 1.165) is 42.9 Å². The number of hydrogen-bond acceptors (Lipinski definition) is 4. The topological polar surface area (TPSA) is 50.8 Å². The Morgan fingerprint density at radius 2 is 1.96 bits per heavy atom. The summed E-state index contributed by atoms with van der Waals surface area (Å²) in [6, 6.07) is 10.3. The molecule has 0 aliphatic carbocycles. The number of nitrogens with one attached hydrogen (secondary N) is 1. The van der Waals surface area contributed by atoms with Crippen LogP contribution in [0.5, 0.6) is 11.5 Å². The van der Waals surface area contributed by atoms with E-state index < -0.39 is 5.82 Å². The SMILES string of the molecule is O=C(CN1CCC[C@H]1c1ccc2c(c1)OCCCO2)Nc1ccc(Cl)cc1F. The minimum atomic E-state index is -0.540. The van der Waals surface area contributed by atoms with Crippen molar-refractivity contribution in [3.8, 4) is 11.5 Å². The first-order chi connectivity index (χ1) is 13.6. The Balaban J connectivity index is 1.45. The van der Waals surface area contributed by atoms with Crippen molar-refractivity contribution in [1.82, 2.24) is 4.90 Å². The summed E-state index contributed by atoms with van der Waals surface area (Å²) in [6.07, 6.45) is 2.82. The highest BCUT2D eigenvalue weighted by Crippen LogP contribution is 2.37. The van der Waals surface area contributed by atoms with Gasteiger partial charge in [-0.15, -0.1) is 0 Å². The molecule has 28 heavy (non-hydrogen) atoms. The molecule has 2 aromatic carbocycles. The highest BCUT2D eigenvalue weighted by atomic mass is 35.5. The van der Waals surface area contributed by atoms with Crippen molar-refractivity contribution in [2.45, 2.75) is 25.3 Å². The fraction of sp³-hybridized carbons (Fsp3) is 0.381. The maximum absolute atomic E-state index is 13.9. The summed E-state index contributed by atoms with van der Waals surface area (Å²) >= 11 is 5.76. The molecule has 0 saturated carbocycles. The van der Waals surface area contributed by atoms with Gasteiger partial charge in [0, 0.05) is 17.5 Å². The third-order valence-electron chi connectivity index (χ3n) is 5.07. The monoisotopic (exact) mass is 404 g/mol. The summed E-state index contributed by atoms with van der Waals surface area (Å²) in [5, 5.41) is 2.93. The lowest BCUT2D eigenvalue weighted by Crippen LogP contribution is -2.33. The Morgan fingerprint density at radius 1 is 1.14 bits per heavy atom. The largest absolute Gasteiger partial charge is 0.490 e. The highest BCUT2D eigenvalue weighted by Gasteiger charge is 2.28. The number of halogens is 2. The molecule has 0 radical (unpaired) electrons. The highest BCUT2D eigenvalue weighted by molar-refractivity contribution is 6.30. The smallest absolute Gasteiger partial charge is 0.238 e. The number of carbonyl (C=O) groups is 1. The number of ether oxygens (including phenoxy) is 2. The number of likely N-dealkylation sites (tertiary alicyclic amines) is 1. The maximum Gasteiger partial charge on any atom is 0.238 e. The van der Waals surface area contributed by atoms with Gasteiger partial charge < -0.3 is 14.8 Å². The van der Waals surface area contributed by atoms with Crippen molar-refractivity contribution < 1.29 is 18.7 Å². The number of nitrogens with zero attached hydrogens (tertiary/aromatic N) is 1. The first-order valence-electron chi connectivity index (χ1n) is 9.48. The second kappa shape index (κ2) is 8.37. The summed E-state index contributed by atoms with van der Waals surface area (Å²) < 4.78 is 25.4. The lowest BCUT2D eigenvalue weighted by atomic mass is 10.0. The molecule has 1 N–H and O–H groups in total. The minimum Gasteiger partial charge on any atom is -0.490 e. The van der Waals surface area contributed by atoms with Crippen LogP contribution in [0.4, 0.5) is 10.1 Å². The third-order valence-corrected chi connectivity index (χ3v) is 5.31. The number of rotatable bonds is 4. The predicted molar refractivity (Wildman–Crippen MR) is 106 cm³/mol. The van der Waals surface area contributed by atoms with Gasteiger partial charge in [-0.25, -0.2) is 4.39 Å². The van der Waals surface area contributed by atoms with E-state index in [2.05, 4.69) is 10.2 Å². The Labute approximate surface area is 168 Å². The number of anilines is 1. The normalized spacial score (nSPS) is 19.3. The molecule has 2 aliphatic rings. The van der Waals surface area contributed by atoms with Crippen LogP contribution in [0.1, 0.15) is 30.9 Å². The van der Waals surface area contributed by atoms with Crippen LogP contribution in [0.25, 0.3) is 0 Å². The van der Waals surface area contributed by atoms with Gasteiger partial charge in [0.15, 0.2) is 11.5 Å². The molecule has 5 nitrogen and oxygen atoms in total. The number of amides is 1. The molecule has 4 rings (SSSR count). The average Bonchev–Trinajstić information content (AvgIpc) is 2.99. The molecule has 2 aliphatic heterocycles. The molecule has 1 amide bonds. The molecule has 1 saturated heterocycles. The number of benzene rings is 2. The molecule has 2 aromatic rings. The van der Waals surface area contributed by atoms with Gasteiger partial charge in [-0.3, -0.25) is 9.69 Å². The van der Waals surface area contributed by atoms with E-state index in [0.29, 0.717) is 18.2 Å². The third kappa shape index (κ3) is 4.23. The van der Waals surface area contributed by atoms with Gasteiger partial charge in [0.25, 0.3) is 0 Å². The Bertz CT molecular complexity index is 877. The average molecular weight is 405 g/mol. The van der Waals surface area contributed by atoms with Crippen LogP contribution in [-0.2, 0) is 4.79 Å². The molecule has 7 heteroatoms. The Hall–Kier alpha value is -2.31. The van der Waals surface area contributed by atoms with Gasteiger partial charge in [-0.05, 0) is 55.3 Å². The summed E-state index contributed by atoms with van der Waals surface area (Å²) in [6.45, 7) is 2.31. The molecule has 0 spiro atoms. The summed E-state index contributed by atoms with van der Waals surface area (Å²) in [7, 11) is 0. The maximum atomic E-state index is 13.9. The lowest BCUT2D eigenvalue weighted by Gasteiger charge is -2.25. The summed E-state index contributed by atoms with van der Waals surface area (Å²) in [5.41, 5.74) is 1.24. The number of carbonyl (C=O) groups excluding carboxylic acids is 1. The molecule has 148 valence electrons. The van der Waals surface area contributed by atoms with Crippen molar-refractivity contribution in [2.24, 2.45) is 0 Å². The van der Waals surface area contributed by atoms with E-state index in [1.54, 1.807) is 6.07 Å². The molecule has 0 aromatic heterocycles. The van der Waals surface area contributed by atoms with Crippen LogP contribution >= 0.6 is 11.6 Å². The second-order valence-corrected chi connectivity index (χ2v) is 7.49. The molecular formula is C21H22ClFN2O3. The first-order valence-corrected chi connectivity index (χ1v) is 9.86. The zero-order chi connectivity index (χ0) is 19.5. The fourth-order valence-electron chi connectivity index (χ4n) is 3.75. The van der Waals surface area contributed by atoms with Gasteiger partial charge in [-0.2, -0.15) is 0 Å². The zero-order valence-electron chi connectivity index (χ0n) is 15.4. The van der Waals surface area contributed by atoms with Crippen LogP contribution in [0.3, 0.4) is 0 Å². The Morgan fingerprint density at radius 3 is 2.79 bits per heavy atom. The summed E-state index contributed by atoms with van der Waals surface area (Å²) in [4.78, 5) is 14.6. The fourth-order valence-corrected chi connectivity index (χ4v) is 3.90. The molecule has 2 heterocycles. The van der Waals surface area contributed by atoms with E-state index >= 15 is 0 Å². The van der Waals surface area contributed by atoms with E-state index in [1.807, 2.05) is 18.2 Å². The summed E-state index contributed by atoms with van der Waals surface area (Å²) in [5.74, 6) is 0.737. The minimum absolute atomic E-state index is 0.123. The first kappa shape index (κ1) is 19.0. The van der Waals surface area contributed by atoms with Crippen LogP contribution in [0.15, 0.2) is 36.4 Å². The van der Waals surface area contributed by atoms with Crippen molar-refractivity contribution >= 4 is 23.2 Å². The predicted octanol–water partition coefficient (Wildman–Crippen LogP) is 4.42. The zero-order valence-corrected chi connectivity index (χ0v) is 16.2. The molecule has 0 unspecified atom stereocenters. The van der Waals surface area contributed by atoms with Gasteiger partial charge in [0.2, 0.25) is 5.91 Å². The van der Waals surface area contributed by atoms with Crippen molar-refractivity contribution in [3.05, 3.63) is 52.8 Å². The van der Waals surface area contributed by atoms with Crippen molar-refractivity contribution in [2.75, 3.05) is 31.6 Å². The standard InChI is InChI=1S/C21H22ClFN2O3/c22-15-5-6-17(16(23)12-15)24-21(26)13-25-8-1-3-18(25)14-4-7-19-20(11-14)28-10-2-9-27-19/h4-7,11-12,18H,1-3,8-10,13H2,(H,24,26)/t18-/m0/s1. The molecular weight excluding hydrogens is 383 g/mol. The molecule has 0 bridgehead atoms. The van der Waals surface area contributed by atoms with E-state index in [9.17, 15) is 9.18 Å². The molecule has 1 fully saturated rings. The van der Waals surface area contributed by atoms with Gasteiger partial charge in [0.05, 0.1) is 25.4 Å². The van der Waals surface area contributed by atoms with E-state index in [4.69, 9.17) is 21.1 Å². The van der Waals surface area contributed by atoms with Crippen LogP contribution in [0, 0.1) is 5.82 Å². The quantitative estimate of drug-likeness (QED) is 0.819. The van der Waals surface area contributed by atoms with Crippen LogP contribution in [0.2, 0.25) is 5.02 Å². The number of hydrogen-bond donors (Lipinski definition) is 1. The second-order valence-electron chi connectivity index (χ2n) is 7.06. The van der Waals surface area contributed by atoms with E-state index in [1.165, 1.54) is 12.1 Å². The van der Waals surface area contributed by atoms with Gasteiger partial charge in [0.1, 0.15) is 5.82 Å². The number of fused-ring (bicyclic) bond motifs is 1. The van der Waals surface area contributed by atoms with Crippen molar-refractivity contribution in [1.29, 1.82) is 0 Å². The Kier molecular flexibility index (Phi) is 5.69.